The number of nitrogens with two attached hydrogens (primary N) is 1. The van der Waals surface area contributed by atoms with Crippen LogP contribution in [0.1, 0.15) is 45.5 Å². The minimum Gasteiger partial charge on any atom is -0.490 e. The zero-order valence-electron chi connectivity index (χ0n) is 22.5. The van der Waals surface area contributed by atoms with Gasteiger partial charge in [-0.1, -0.05) is 59.6 Å². The Labute approximate surface area is 243 Å². The van der Waals surface area contributed by atoms with Crippen LogP contribution in [0.15, 0.2) is 96.4 Å². The van der Waals surface area contributed by atoms with Crippen molar-refractivity contribution in [1.82, 2.24) is 0 Å². The molecule has 1 heterocycles. The van der Waals surface area contributed by atoms with Crippen LogP contribution in [-0.2, 0) is 6.61 Å². The summed E-state index contributed by atoms with van der Waals surface area (Å²) in [4.78, 5) is 12.6. The van der Waals surface area contributed by atoms with Crippen LogP contribution in [0.4, 0.5) is 0 Å². The molecule has 0 bridgehead atoms. The summed E-state index contributed by atoms with van der Waals surface area (Å²) < 4.78 is 23.4. The molecule has 0 spiro atoms. The van der Waals surface area contributed by atoms with Crippen LogP contribution in [-0.4, -0.2) is 12.6 Å². The minimum absolute atomic E-state index is 0.0269. The molecule has 0 aliphatic carbocycles. The Morgan fingerprint density at radius 3 is 2.54 bits per heavy atom. The van der Waals surface area contributed by atoms with Gasteiger partial charge in [0.25, 0.3) is 0 Å². The molecule has 1 atom stereocenters. The first-order valence-corrected chi connectivity index (χ1v) is 13.4. The molecular weight excluding hydrogens is 540 g/mol. The van der Waals surface area contributed by atoms with Gasteiger partial charge in [-0.2, -0.15) is 5.26 Å². The average molecular weight is 567 g/mol. The molecule has 0 amide bonds. The van der Waals surface area contributed by atoms with Gasteiger partial charge in [0, 0.05) is 16.7 Å². The van der Waals surface area contributed by atoms with E-state index >= 15 is 0 Å². The third kappa shape index (κ3) is 6.13. The zero-order chi connectivity index (χ0) is 28.9. The van der Waals surface area contributed by atoms with Gasteiger partial charge < -0.3 is 24.7 Å². The largest absolute Gasteiger partial charge is 0.490 e. The van der Waals surface area contributed by atoms with Crippen LogP contribution >= 0.6 is 11.6 Å². The molecule has 4 aromatic rings. The van der Waals surface area contributed by atoms with Crippen LogP contribution in [0, 0.1) is 18.3 Å². The van der Waals surface area contributed by atoms with Crippen molar-refractivity contribution >= 4 is 17.6 Å². The number of allylic oxidation sites excluding steroid dienone is 1. The van der Waals surface area contributed by atoms with Gasteiger partial charge in [0.05, 0.1) is 18.1 Å². The average Bonchev–Trinajstić information content (AvgIpc) is 2.96. The Morgan fingerprint density at radius 2 is 1.80 bits per heavy atom. The quantitative estimate of drug-likeness (QED) is 0.180. The second-order valence-electron chi connectivity index (χ2n) is 9.44. The summed E-state index contributed by atoms with van der Waals surface area (Å²) in [5.74, 6) is 0.641. The Balaban J connectivity index is 1.44. The fraction of sp³-hybridized carbons (Fsp3) is 0.152. The third-order valence-electron chi connectivity index (χ3n) is 6.58. The molecule has 0 saturated heterocycles. The van der Waals surface area contributed by atoms with Crippen molar-refractivity contribution in [3.8, 4) is 29.1 Å². The number of hydrogen-bond donors (Lipinski definition) is 1. The molecule has 2 N–H and O–H groups in total. The highest BCUT2D eigenvalue weighted by molar-refractivity contribution is 6.30. The molecule has 7 nitrogen and oxygen atoms in total. The Hall–Kier alpha value is -4.93. The number of halogens is 1. The van der Waals surface area contributed by atoms with Crippen molar-refractivity contribution in [1.29, 1.82) is 5.26 Å². The van der Waals surface area contributed by atoms with Crippen LogP contribution < -0.4 is 24.7 Å². The fourth-order valence-electron chi connectivity index (χ4n) is 4.56. The highest BCUT2D eigenvalue weighted by Crippen LogP contribution is 2.45. The second-order valence-corrected chi connectivity index (χ2v) is 9.87. The van der Waals surface area contributed by atoms with Gasteiger partial charge in [0.2, 0.25) is 5.88 Å². The maximum Gasteiger partial charge on any atom is 0.343 e. The molecule has 0 fully saturated rings. The number of carbonyl (C=O) groups is 1. The maximum absolute atomic E-state index is 12.6. The molecule has 206 valence electrons. The summed E-state index contributed by atoms with van der Waals surface area (Å²) in [5.41, 5.74) is 10.4. The SMILES string of the molecule is CCOc1cc(C2C(C#N)=C(N)Oc3cc(OC(=O)c4cccc(Cl)c4)ccc32)ccc1OCc1ccc(C)cc1. The smallest absolute Gasteiger partial charge is 0.343 e. The Bertz CT molecular complexity index is 1670. The van der Waals surface area contributed by atoms with E-state index in [2.05, 4.69) is 6.07 Å². The van der Waals surface area contributed by atoms with E-state index < -0.39 is 11.9 Å². The predicted octanol–water partition coefficient (Wildman–Crippen LogP) is 7.06. The number of nitrogens with zero attached hydrogens (tertiary/aromatic N) is 1. The number of benzene rings is 4. The standard InChI is InChI=1S/C33H27ClN2O5/c1-3-38-30-16-22(11-14-28(30)39-19-21-9-7-20(2)8-10-21)31-26-13-12-25(17-29(26)41-32(36)27(31)18-35)40-33(37)23-5-4-6-24(34)15-23/h4-17,31H,3,19,36H2,1-2H3. The normalized spacial score (nSPS) is 14.0. The first-order chi connectivity index (χ1) is 19.9. The Morgan fingerprint density at radius 1 is 1.00 bits per heavy atom. The first-order valence-electron chi connectivity index (χ1n) is 13.0. The molecule has 0 radical (unpaired) electrons. The van der Waals surface area contributed by atoms with Crippen LogP contribution in [0.25, 0.3) is 0 Å². The number of fused-ring (bicyclic) bond motifs is 1. The number of esters is 1. The first kappa shape index (κ1) is 27.6. The summed E-state index contributed by atoms with van der Waals surface area (Å²) in [6.07, 6.45) is 0. The highest BCUT2D eigenvalue weighted by atomic mass is 35.5. The highest BCUT2D eigenvalue weighted by Gasteiger charge is 2.32. The van der Waals surface area contributed by atoms with Gasteiger partial charge in [-0.3, -0.25) is 0 Å². The monoisotopic (exact) mass is 566 g/mol. The second kappa shape index (κ2) is 12.1. The van der Waals surface area contributed by atoms with Gasteiger partial charge in [-0.15, -0.1) is 0 Å². The number of ether oxygens (including phenoxy) is 4. The lowest BCUT2D eigenvalue weighted by Crippen LogP contribution is -2.21. The number of nitriles is 1. The molecule has 8 heteroatoms. The van der Waals surface area contributed by atoms with E-state index in [9.17, 15) is 10.1 Å². The summed E-state index contributed by atoms with van der Waals surface area (Å²) in [5, 5.41) is 10.4. The summed E-state index contributed by atoms with van der Waals surface area (Å²) in [6.45, 7) is 4.74. The Kier molecular flexibility index (Phi) is 8.14. The molecule has 1 aliphatic rings. The summed E-state index contributed by atoms with van der Waals surface area (Å²) >= 11 is 6.01. The molecule has 0 aromatic heterocycles. The van der Waals surface area contributed by atoms with E-state index in [1.807, 2.05) is 56.3 Å². The van der Waals surface area contributed by atoms with Crippen molar-refractivity contribution in [2.75, 3.05) is 6.61 Å². The van der Waals surface area contributed by atoms with Crippen molar-refractivity contribution in [3.63, 3.8) is 0 Å². The lowest BCUT2D eigenvalue weighted by molar-refractivity contribution is 0.0734. The molecule has 0 saturated carbocycles. The van der Waals surface area contributed by atoms with Crippen LogP contribution in [0.5, 0.6) is 23.0 Å². The van der Waals surface area contributed by atoms with Crippen molar-refractivity contribution in [2.45, 2.75) is 26.4 Å². The molecule has 1 aliphatic heterocycles. The van der Waals surface area contributed by atoms with Gasteiger partial charge in [0.15, 0.2) is 11.5 Å². The molecule has 5 rings (SSSR count). The van der Waals surface area contributed by atoms with Gasteiger partial charge >= 0.3 is 5.97 Å². The minimum atomic E-state index is -0.566. The number of rotatable bonds is 8. The van der Waals surface area contributed by atoms with Crippen LogP contribution in [0.2, 0.25) is 5.02 Å². The van der Waals surface area contributed by atoms with Gasteiger partial charge in [-0.05, 0) is 61.4 Å². The van der Waals surface area contributed by atoms with E-state index in [0.717, 1.165) is 11.1 Å². The van der Waals surface area contributed by atoms with Crippen molar-refractivity contribution in [3.05, 3.63) is 129 Å². The molecular formula is C33H27ClN2O5. The van der Waals surface area contributed by atoms with Crippen molar-refractivity contribution in [2.24, 2.45) is 5.73 Å². The maximum atomic E-state index is 12.6. The van der Waals surface area contributed by atoms with Gasteiger partial charge in [-0.25, -0.2) is 4.79 Å². The number of carbonyl (C=O) groups excluding carboxylic acids is 1. The third-order valence-corrected chi connectivity index (χ3v) is 6.81. The van der Waals surface area contributed by atoms with Crippen LogP contribution in [0.3, 0.4) is 0 Å². The lowest BCUT2D eigenvalue weighted by Gasteiger charge is -2.27. The van der Waals surface area contributed by atoms with Gasteiger partial charge in [0.1, 0.15) is 29.7 Å². The van der Waals surface area contributed by atoms with E-state index in [4.69, 9.17) is 36.3 Å². The summed E-state index contributed by atoms with van der Waals surface area (Å²) in [7, 11) is 0. The number of aryl methyl sites for hydroxylation is 1. The topological polar surface area (TPSA) is 104 Å². The predicted molar refractivity (Wildman–Crippen MR) is 155 cm³/mol. The molecule has 4 aromatic carbocycles. The zero-order valence-corrected chi connectivity index (χ0v) is 23.3. The van der Waals surface area contributed by atoms with Crippen molar-refractivity contribution < 1.29 is 23.7 Å². The fourth-order valence-corrected chi connectivity index (χ4v) is 4.75. The summed E-state index contributed by atoms with van der Waals surface area (Å²) in [6, 6.07) is 27.4. The number of hydrogen-bond acceptors (Lipinski definition) is 7. The lowest BCUT2D eigenvalue weighted by atomic mass is 9.83. The van der Waals surface area contributed by atoms with E-state index in [1.165, 1.54) is 11.6 Å². The molecule has 41 heavy (non-hydrogen) atoms. The van der Waals surface area contributed by atoms with E-state index in [-0.39, 0.29) is 17.2 Å². The molecule has 1 unspecified atom stereocenters. The van der Waals surface area contributed by atoms with E-state index in [1.54, 1.807) is 36.4 Å². The van der Waals surface area contributed by atoms with E-state index in [0.29, 0.717) is 46.6 Å².